The van der Waals surface area contributed by atoms with E-state index in [2.05, 4.69) is 12.8 Å². The molecule has 1 saturated heterocycles. The fourth-order valence-corrected chi connectivity index (χ4v) is 2.42. The van der Waals surface area contributed by atoms with E-state index in [9.17, 15) is 0 Å². The third kappa shape index (κ3) is 4.66. The molecule has 3 nitrogen and oxygen atoms in total. The zero-order valence-corrected chi connectivity index (χ0v) is 12.0. The van der Waals surface area contributed by atoms with Gasteiger partial charge in [0, 0.05) is 18.6 Å². The topological polar surface area (TPSA) is 27.7 Å². The van der Waals surface area contributed by atoms with Crippen molar-refractivity contribution >= 4 is 17.1 Å². The molecule has 1 aliphatic heterocycles. The van der Waals surface area contributed by atoms with Gasteiger partial charge in [0.2, 0.25) is 0 Å². The summed E-state index contributed by atoms with van der Waals surface area (Å²) in [5.41, 5.74) is 0. The molecule has 1 heterocycles. The molecule has 3 unspecified atom stereocenters. The quantitative estimate of drug-likeness (QED) is 0.525. The molecule has 0 aromatic carbocycles. The molecular formula is C14H22O3S. The minimum atomic E-state index is -0.461. The second-order valence-electron chi connectivity index (χ2n) is 4.39. The minimum Gasteiger partial charge on any atom is -0.372 e. The minimum absolute atomic E-state index is 0.220. The average Bonchev–Trinajstić information content (AvgIpc) is 2.40. The lowest BCUT2D eigenvalue weighted by Crippen LogP contribution is -2.39. The highest BCUT2D eigenvalue weighted by atomic mass is 32.1. The van der Waals surface area contributed by atoms with E-state index in [4.69, 9.17) is 32.9 Å². The van der Waals surface area contributed by atoms with Crippen LogP contribution in [0.15, 0.2) is 0 Å². The molecule has 4 heteroatoms. The van der Waals surface area contributed by atoms with Crippen molar-refractivity contribution in [1.82, 2.24) is 0 Å². The van der Waals surface area contributed by atoms with Crippen molar-refractivity contribution in [1.29, 1.82) is 0 Å². The van der Waals surface area contributed by atoms with Gasteiger partial charge in [-0.05, 0) is 25.7 Å². The van der Waals surface area contributed by atoms with Gasteiger partial charge in [-0.1, -0.05) is 31.5 Å². The predicted molar refractivity (Wildman–Crippen MR) is 75.6 cm³/mol. The van der Waals surface area contributed by atoms with E-state index >= 15 is 0 Å². The lowest BCUT2D eigenvalue weighted by atomic mass is 10.1. The van der Waals surface area contributed by atoms with E-state index in [0.29, 0.717) is 0 Å². The van der Waals surface area contributed by atoms with Crippen LogP contribution in [0.25, 0.3) is 0 Å². The summed E-state index contributed by atoms with van der Waals surface area (Å²) < 4.78 is 16.7. The molecule has 0 aromatic rings. The molecule has 0 saturated carbocycles. The van der Waals surface area contributed by atoms with Gasteiger partial charge in [0.15, 0.2) is 12.4 Å². The average molecular weight is 270 g/mol. The Kier molecular flexibility index (Phi) is 7.45. The van der Waals surface area contributed by atoms with Gasteiger partial charge in [-0.25, -0.2) is 0 Å². The molecule has 18 heavy (non-hydrogen) atoms. The summed E-state index contributed by atoms with van der Waals surface area (Å²) in [5, 5.41) is 0. The molecule has 0 bridgehead atoms. The summed E-state index contributed by atoms with van der Waals surface area (Å²) in [7, 11) is 1.61. The van der Waals surface area contributed by atoms with Gasteiger partial charge in [-0.3, -0.25) is 0 Å². The third-order valence-corrected chi connectivity index (χ3v) is 3.38. The fourth-order valence-electron chi connectivity index (χ4n) is 1.99. The van der Waals surface area contributed by atoms with Crippen LogP contribution in [0.5, 0.6) is 0 Å². The Balaban J connectivity index is 2.56. The highest BCUT2D eigenvalue weighted by Gasteiger charge is 2.27. The van der Waals surface area contributed by atoms with E-state index in [1.165, 1.54) is 0 Å². The number of ether oxygens (including phenoxy) is 3. The van der Waals surface area contributed by atoms with Crippen molar-refractivity contribution in [2.45, 2.75) is 57.5 Å². The van der Waals surface area contributed by atoms with Crippen molar-refractivity contribution in [3.63, 3.8) is 0 Å². The Morgan fingerprint density at radius 3 is 2.83 bits per heavy atom. The van der Waals surface area contributed by atoms with E-state index < -0.39 is 6.10 Å². The van der Waals surface area contributed by atoms with Gasteiger partial charge >= 0.3 is 0 Å². The van der Waals surface area contributed by atoms with Gasteiger partial charge in [0.1, 0.15) is 6.10 Å². The maximum atomic E-state index is 5.79. The van der Waals surface area contributed by atoms with Crippen LogP contribution < -0.4 is 0 Å². The second kappa shape index (κ2) is 8.60. The van der Waals surface area contributed by atoms with E-state index in [0.717, 1.165) is 43.6 Å². The molecular weight excluding hydrogens is 248 g/mol. The molecule has 0 radical (unpaired) electrons. The smallest absolute Gasteiger partial charge is 0.159 e. The van der Waals surface area contributed by atoms with Gasteiger partial charge in [0.05, 0.1) is 0 Å². The zero-order valence-electron chi connectivity index (χ0n) is 11.2. The first kappa shape index (κ1) is 15.6. The Morgan fingerprint density at radius 2 is 2.33 bits per heavy atom. The molecule has 1 fully saturated rings. The monoisotopic (exact) mass is 270 g/mol. The van der Waals surface area contributed by atoms with E-state index in [-0.39, 0.29) is 12.4 Å². The number of rotatable bonds is 7. The summed E-state index contributed by atoms with van der Waals surface area (Å²) >= 11 is 5.34. The number of hydrogen-bond donors (Lipinski definition) is 0. The largest absolute Gasteiger partial charge is 0.372 e. The number of hydrogen-bond acceptors (Lipinski definition) is 4. The summed E-state index contributed by atoms with van der Waals surface area (Å²) in [4.78, 5) is 0.818. The molecule has 1 rings (SSSR count). The Bertz CT molecular complexity index is 292. The standard InChI is InChI=1S/C14H22O3S/c1-4-8-12(18)14(15-3)11(5-2)17-13-9-6-7-10-16-13/h2,11,13-14H,4,6-10H2,1,3H3. The van der Waals surface area contributed by atoms with Crippen molar-refractivity contribution in [2.75, 3.05) is 13.7 Å². The molecule has 1 aliphatic rings. The van der Waals surface area contributed by atoms with Gasteiger partial charge in [-0.2, -0.15) is 0 Å². The summed E-state index contributed by atoms with van der Waals surface area (Å²) in [6, 6.07) is 0. The lowest BCUT2D eigenvalue weighted by Gasteiger charge is -2.29. The first-order chi connectivity index (χ1) is 8.72. The summed E-state index contributed by atoms with van der Waals surface area (Å²) in [5.74, 6) is 2.62. The fraction of sp³-hybridized carbons (Fsp3) is 0.786. The van der Waals surface area contributed by atoms with Crippen LogP contribution in [0.3, 0.4) is 0 Å². The summed E-state index contributed by atoms with van der Waals surface area (Å²) in [6.45, 7) is 2.81. The molecule has 102 valence electrons. The van der Waals surface area contributed by atoms with Gasteiger partial charge in [0.25, 0.3) is 0 Å². The maximum Gasteiger partial charge on any atom is 0.159 e. The normalized spacial score (nSPS) is 23.1. The van der Waals surface area contributed by atoms with Crippen LogP contribution in [0.4, 0.5) is 0 Å². The first-order valence-electron chi connectivity index (χ1n) is 6.51. The van der Waals surface area contributed by atoms with Crippen LogP contribution in [0.1, 0.15) is 39.0 Å². The van der Waals surface area contributed by atoms with Crippen LogP contribution in [-0.2, 0) is 14.2 Å². The predicted octanol–water partition coefficient (Wildman–Crippen LogP) is 2.72. The summed E-state index contributed by atoms with van der Waals surface area (Å²) in [6.07, 6.45) is 9.41. The maximum absolute atomic E-state index is 5.79. The molecule has 0 spiro atoms. The van der Waals surface area contributed by atoms with Crippen molar-refractivity contribution in [3.8, 4) is 12.3 Å². The molecule has 3 atom stereocenters. The highest BCUT2D eigenvalue weighted by molar-refractivity contribution is 7.80. The second-order valence-corrected chi connectivity index (χ2v) is 4.92. The van der Waals surface area contributed by atoms with Crippen LogP contribution in [0.2, 0.25) is 0 Å². The zero-order chi connectivity index (χ0) is 13.4. The van der Waals surface area contributed by atoms with Crippen LogP contribution in [-0.4, -0.2) is 37.1 Å². The number of thiocarbonyl (C=S) groups is 1. The molecule has 0 N–H and O–H groups in total. The highest BCUT2D eigenvalue weighted by Crippen LogP contribution is 2.18. The SMILES string of the molecule is C#CC(OC1CCCCO1)C(OC)C(=S)CCC. The third-order valence-electron chi connectivity index (χ3n) is 2.94. The van der Waals surface area contributed by atoms with E-state index in [1.54, 1.807) is 7.11 Å². The number of terminal acetylenes is 1. The van der Waals surface area contributed by atoms with E-state index in [1.807, 2.05) is 0 Å². The first-order valence-corrected chi connectivity index (χ1v) is 6.92. The Labute approximate surface area is 115 Å². The van der Waals surface area contributed by atoms with Crippen molar-refractivity contribution in [3.05, 3.63) is 0 Å². The number of methoxy groups -OCH3 is 1. The molecule has 0 aromatic heterocycles. The van der Waals surface area contributed by atoms with Crippen molar-refractivity contribution in [2.24, 2.45) is 0 Å². The van der Waals surface area contributed by atoms with Crippen LogP contribution >= 0.6 is 12.2 Å². The Hall–Kier alpha value is -0.470. The Morgan fingerprint density at radius 1 is 1.56 bits per heavy atom. The molecule has 0 amide bonds. The van der Waals surface area contributed by atoms with Gasteiger partial charge in [-0.15, -0.1) is 6.42 Å². The van der Waals surface area contributed by atoms with Crippen LogP contribution in [0, 0.1) is 12.3 Å². The van der Waals surface area contributed by atoms with Crippen molar-refractivity contribution < 1.29 is 14.2 Å². The molecule has 0 aliphatic carbocycles. The van der Waals surface area contributed by atoms with Gasteiger partial charge < -0.3 is 14.2 Å². The lowest BCUT2D eigenvalue weighted by molar-refractivity contribution is -0.188.